The standard InChI is InChI=1S/C22H42O7S.2Na/c1-13(2)9-17(10-14(3)4)19(20(23)24)22(21(25)26,30(27,28)29)18(11-15(5)6)12-16(7)8;;/h13-19H,9-12H2,1-8H3,(H,23,24)(H,25,26)(H,27,28,29);;/q;2*+1/p-2. The maximum absolute atomic E-state index is 12.8. The zero-order valence-electron chi connectivity index (χ0n) is 21.7. The van der Waals surface area contributed by atoms with Crippen molar-refractivity contribution >= 4 is 22.1 Å². The maximum Gasteiger partial charge on any atom is 1.00 e. The van der Waals surface area contributed by atoms with Gasteiger partial charge in [-0.15, -0.1) is 0 Å². The minimum Gasteiger partial charge on any atom is -0.550 e. The van der Waals surface area contributed by atoms with E-state index in [2.05, 4.69) is 0 Å². The molecule has 0 aliphatic heterocycles. The third-order valence-electron chi connectivity index (χ3n) is 5.60. The van der Waals surface area contributed by atoms with Crippen molar-refractivity contribution in [3.8, 4) is 0 Å². The zero-order valence-corrected chi connectivity index (χ0v) is 26.5. The van der Waals surface area contributed by atoms with Crippen LogP contribution in [-0.2, 0) is 19.7 Å². The van der Waals surface area contributed by atoms with Gasteiger partial charge in [-0.1, -0.05) is 55.4 Å². The number of hydrogen-bond acceptors (Lipinski definition) is 6. The number of carbonyl (C=O) groups is 2. The molecule has 0 aromatic rings. The van der Waals surface area contributed by atoms with Crippen LogP contribution in [0.5, 0.6) is 0 Å². The quantitative estimate of drug-likeness (QED) is 0.193. The van der Waals surface area contributed by atoms with E-state index in [9.17, 15) is 32.8 Å². The first kappa shape index (κ1) is 37.4. The average molecular weight is 495 g/mol. The Morgan fingerprint density at radius 3 is 1.25 bits per heavy atom. The molecular formula is C22H40Na2O7S. The second-order valence-electron chi connectivity index (χ2n) is 10.3. The Bertz CT molecular complexity index is 658. The van der Waals surface area contributed by atoms with E-state index in [0.29, 0.717) is 0 Å². The molecule has 0 radical (unpaired) electrons. The molecule has 0 spiro atoms. The van der Waals surface area contributed by atoms with Crippen LogP contribution in [0.25, 0.3) is 0 Å². The van der Waals surface area contributed by atoms with Gasteiger partial charge in [0.15, 0.2) is 0 Å². The Morgan fingerprint density at radius 1 is 0.750 bits per heavy atom. The van der Waals surface area contributed by atoms with Gasteiger partial charge in [-0.25, -0.2) is 0 Å². The molecule has 0 aliphatic rings. The molecule has 0 rings (SSSR count). The summed E-state index contributed by atoms with van der Waals surface area (Å²) < 4.78 is 32.8. The van der Waals surface area contributed by atoms with Gasteiger partial charge in [0.1, 0.15) is 4.75 Å². The van der Waals surface area contributed by atoms with Gasteiger partial charge in [-0.05, 0) is 61.2 Å². The molecule has 2 atom stereocenters. The van der Waals surface area contributed by atoms with Crippen LogP contribution in [0.2, 0.25) is 0 Å². The molecule has 32 heavy (non-hydrogen) atoms. The van der Waals surface area contributed by atoms with Gasteiger partial charge in [0.05, 0.1) is 5.97 Å². The molecule has 0 saturated heterocycles. The predicted molar refractivity (Wildman–Crippen MR) is 113 cm³/mol. The van der Waals surface area contributed by atoms with Crippen molar-refractivity contribution in [1.29, 1.82) is 0 Å². The van der Waals surface area contributed by atoms with Gasteiger partial charge in [-0.2, -0.15) is 8.42 Å². The van der Waals surface area contributed by atoms with E-state index in [1.807, 2.05) is 27.7 Å². The Hall–Kier alpha value is 0.850. The number of carbonyl (C=O) groups excluding carboxylic acids is 2. The Balaban J connectivity index is -0.00000420. The first-order valence-electron chi connectivity index (χ1n) is 10.9. The second kappa shape index (κ2) is 15.8. The van der Waals surface area contributed by atoms with Gasteiger partial charge in [0.25, 0.3) is 10.1 Å². The van der Waals surface area contributed by atoms with Gasteiger partial charge in [-0.3, -0.25) is 4.55 Å². The fourth-order valence-corrected chi connectivity index (χ4v) is 6.34. The molecule has 0 aliphatic carbocycles. The molecule has 0 amide bonds. The largest absolute Gasteiger partial charge is 1.00 e. The van der Waals surface area contributed by atoms with Crippen molar-refractivity contribution in [3.63, 3.8) is 0 Å². The minimum absolute atomic E-state index is 0. The molecular weight excluding hydrogens is 454 g/mol. The van der Waals surface area contributed by atoms with E-state index < -0.39 is 44.6 Å². The van der Waals surface area contributed by atoms with Crippen LogP contribution < -0.4 is 69.3 Å². The fourth-order valence-electron chi connectivity index (χ4n) is 4.91. The topological polar surface area (TPSA) is 135 Å². The summed E-state index contributed by atoms with van der Waals surface area (Å²) in [4.78, 5) is 25.0. The van der Waals surface area contributed by atoms with Crippen molar-refractivity contribution in [2.45, 2.75) is 85.8 Å². The maximum atomic E-state index is 12.8. The van der Waals surface area contributed by atoms with Gasteiger partial charge in [0, 0.05) is 11.9 Å². The van der Waals surface area contributed by atoms with Crippen molar-refractivity contribution in [2.75, 3.05) is 0 Å². The number of carboxylic acids is 2. The van der Waals surface area contributed by atoms with Crippen LogP contribution in [0.15, 0.2) is 0 Å². The summed E-state index contributed by atoms with van der Waals surface area (Å²) in [7, 11) is -5.36. The monoisotopic (exact) mass is 494 g/mol. The third kappa shape index (κ3) is 10.2. The molecule has 1 N–H and O–H groups in total. The first-order chi connectivity index (χ1) is 13.5. The van der Waals surface area contributed by atoms with E-state index in [1.54, 1.807) is 27.7 Å². The van der Waals surface area contributed by atoms with Crippen molar-refractivity contribution in [3.05, 3.63) is 0 Å². The van der Waals surface area contributed by atoms with Crippen LogP contribution >= 0.6 is 0 Å². The molecule has 2 unspecified atom stereocenters. The summed E-state index contributed by atoms with van der Waals surface area (Å²) in [6, 6.07) is 0. The Labute approximate surface area is 239 Å². The van der Waals surface area contributed by atoms with Gasteiger partial charge in [0.2, 0.25) is 0 Å². The van der Waals surface area contributed by atoms with E-state index in [4.69, 9.17) is 0 Å². The Morgan fingerprint density at radius 2 is 1.06 bits per heavy atom. The number of aliphatic carboxylic acids is 2. The molecule has 178 valence electrons. The zero-order chi connectivity index (χ0) is 24.0. The van der Waals surface area contributed by atoms with Crippen LogP contribution in [0.3, 0.4) is 0 Å². The summed E-state index contributed by atoms with van der Waals surface area (Å²) in [5, 5.41) is 25.0. The first-order valence-corrected chi connectivity index (χ1v) is 12.3. The summed E-state index contributed by atoms with van der Waals surface area (Å²) in [5.41, 5.74) is 0. The summed E-state index contributed by atoms with van der Waals surface area (Å²) in [5.74, 6) is -7.97. The van der Waals surface area contributed by atoms with Crippen molar-refractivity contribution in [2.24, 2.45) is 41.4 Å². The molecule has 10 heteroatoms. The Kier molecular flexibility index (Phi) is 18.4. The minimum atomic E-state index is -5.36. The van der Waals surface area contributed by atoms with Crippen LogP contribution in [0.1, 0.15) is 81.1 Å². The molecule has 0 heterocycles. The van der Waals surface area contributed by atoms with E-state index in [1.165, 1.54) is 0 Å². The van der Waals surface area contributed by atoms with E-state index in [0.717, 1.165) is 0 Å². The normalized spacial score (nSPS) is 15.1. The average Bonchev–Trinajstić information content (AvgIpc) is 2.46. The number of hydrogen-bond donors (Lipinski definition) is 1. The molecule has 0 aromatic heterocycles. The molecule has 0 bridgehead atoms. The third-order valence-corrected chi connectivity index (χ3v) is 7.21. The summed E-state index contributed by atoms with van der Waals surface area (Å²) in [6.07, 6.45) is 0.812. The number of rotatable bonds is 14. The molecule has 0 aromatic carbocycles. The fraction of sp³-hybridized carbons (Fsp3) is 0.909. The summed E-state index contributed by atoms with van der Waals surface area (Å²) >= 11 is 0. The molecule has 7 nitrogen and oxygen atoms in total. The van der Waals surface area contributed by atoms with Crippen LogP contribution in [0, 0.1) is 41.4 Å². The second-order valence-corrected chi connectivity index (χ2v) is 12.0. The van der Waals surface area contributed by atoms with E-state index in [-0.39, 0.29) is 108 Å². The predicted octanol–water partition coefficient (Wildman–Crippen LogP) is -3.85. The van der Waals surface area contributed by atoms with Crippen LogP contribution in [-0.4, -0.2) is 29.7 Å². The molecule has 0 saturated carbocycles. The van der Waals surface area contributed by atoms with Crippen LogP contribution in [0.4, 0.5) is 0 Å². The van der Waals surface area contributed by atoms with Gasteiger partial charge < -0.3 is 19.8 Å². The van der Waals surface area contributed by atoms with E-state index >= 15 is 0 Å². The summed E-state index contributed by atoms with van der Waals surface area (Å²) in [6.45, 7) is 14.6. The molecule has 0 fully saturated rings. The SMILES string of the molecule is CC(C)CC(CC(C)C)C(C(=O)[O-])C(C(=O)[O-])(C(CC(C)C)CC(C)C)S(=O)(=O)O.[Na+].[Na+]. The van der Waals surface area contributed by atoms with Crippen molar-refractivity contribution in [1.82, 2.24) is 0 Å². The smallest absolute Gasteiger partial charge is 0.550 e. The number of carboxylic acid groups (broad SMARTS) is 2. The van der Waals surface area contributed by atoms with Gasteiger partial charge >= 0.3 is 59.1 Å². The van der Waals surface area contributed by atoms with Crippen molar-refractivity contribution < 1.29 is 91.9 Å².